The van der Waals surface area contributed by atoms with E-state index in [1.807, 2.05) is 39.8 Å². The smallest absolute Gasteiger partial charge is 0.243 e. The third kappa shape index (κ3) is 5.10. The average Bonchev–Trinajstić information content (AvgIpc) is 3.18. The first-order valence-electron chi connectivity index (χ1n) is 11.4. The number of para-hydroxylation sites is 1. The minimum atomic E-state index is -4.09. The monoisotopic (exact) mass is 500 g/mol. The van der Waals surface area contributed by atoms with Gasteiger partial charge in [-0.3, -0.25) is 9.29 Å². The second-order valence-electron chi connectivity index (χ2n) is 9.01. The second-order valence-corrected chi connectivity index (χ2v) is 11.0. The van der Waals surface area contributed by atoms with Crippen molar-refractivity contribution in [2.45, 2.75) is 64.4 Å². The minimum absolute atomic E-state index is 0.0894. The van der Waals surface area contributed by atoms with Crippen LogP contribution in [0.5, 0.6) is 0 Å². The van der Waals surface area contributed by atoms with Crippen molar-refractivity contribution >= 4 is 22.0 Å². The number of aryl methyl sites for hydroxylation is 1. The highest BCUT2D eigenvalue weighted by molar-refractivity contribution is 7.93. The standard InChI is InChI=1S/C24H29FN6O3S/c1-14(2)34-21(22-26-12-15(3)13-27-22)17(5)35(32,33)30-24-29-28-23-16(4)8-6-9-18-10-7-11-19(25)20(18)31(23)24/h6-7,9-14,16-17,21H,8H2,1-5H3,(H,29,30)/t16-,17-,21+/m0/s1. The number of anilines is 1. The fourth-order valence-electron chi connectivity index (χ4n) is 3.92. The number of rotatable bonds is 7. The van der Waals surface area contributed by atoms with Gasteiger partial charge in [0.25, 0.3) is 0 Å². The first-order valence-corrected chi connectivity index (χ1v) is 13.0. The molecular weight excluding hydrogens is 471 g/mol. The molecular formula is C24H29FN6O3S. The Balaban J connectivity index is 1.75. The lowest BCUT2D eigenvalue weighted by atomic mass is 10.0. The molecule has 1 aliphatic rings. The van der Waals surface area contributed by atoms with E-state index in [1.165, 1.54) is 17.6 Å². The Kier molecular flexibility index (Phi) is 7.00. The quantitative estimate of drug-likeness (QED) is 0.514. The van der Waals surface area contributed by atoms with Gasteiger partial charge in [-0.2, -0.15) is 0 Å². The number of nitrogens with zero attached hydrogens (tertiary/aromatic N) is 5. The highest BCUT2D eigenvalue weighted by Gasteiger charge is 2.36. The fraction of sp³-hybridized carbons (Fsp3) is 0.417. The van der Waals surface area contributed by atoms with Crippen LogP contribution in [0.4, 0.5) is 10.3 Å². The van der Waals surface area contributed by atoms with Gasteiger partial charge < -0.3 is 4.74 Å². The zero-order valence-corrected chi connectivity index (χ0v) is 21.1. The summed E-state index contributed by atoms with van der Waals surface area (Å²) in [4.78, 5) is 8.58. The number of aromatic nitrogens is 5. The van der Waals surface area contributed by atoms with Gasteiger partial charge in [-0.15, -0.1) is 10.2 Å². The lowest BCUT2D eigenvalue weighted by molar-refractivity contribution is 0.00152. The molecule has 2 aromatic heterocycles. The number of hydrogen-bond acceptors (Lipinski definition) is 7. The number of halogens is 1. The molecule has 3 atom stereocenters. The summed E-state index contributed by atoms with van der Waals surface area (Å²) >= 11 is 0. The first-order chi connectivity index (χ1) is 16.6. The number of benzene rings is 1. The summed E-state index contributed by atoms with van der Waals surface area (Å²) in [5, 5.41) is 7.22. The van der Waals surface area contributed by atoms with Gasteiger partial charge in [-0.05, 0) is 45.7 Å². The number of ether oxygens (including phenoxy) is 1. The zero-order valence-electron chi connectivity index (χ0n) is 20.3. The van der Waals surface area contributed by atoms with Crippen molar-refractivity contribution in [2.24, 2.45) is 0 Å². The summed E-state index contributed by atoms with van der Waals surface area (Å²) in [6.07, 6.45) is 6.43. The van der Waals surface area contributed by atoms with Gasteiger partial charge in [0.2, 0.25) is 16.0 Å². The summed E-state index contributed by atoms with van der Waals surface area (Å²) in [5.41, 5.74) is 1.63. The van der Waals surface area contributed by atoms with Crippen molar-refractivity contribution in [1.82, 2.24) is 24.7 Å². The van der Waals surface area contributed by atoms with E-state index in [0.29, 0.717) is 17.8 Å². The van der Waals surface area contributed by atoms with Crippen LogP contribution in [0.3, 0.4) is 0 Å². The Labute approximate surface area is 204 Å². The molecule has 0 unspecified atom stereocenters. The Hall–Kier alpha value is -3.18. The molecule has 3 aromatic rings. The van der Waals surface area contributed by atoms with Crippen LogP contribution in [0.2, 0.25) is 0 Å². The van der Waals surface area contributed by atoms with Crippen LogP contribution in [-0.4, -0.2) is 44.5 Å². The van der Waals surface area contributed by atoms with E-state index in [4.69, 9.17) is 4.74 Å². The Morgan fingerprint density at radius 3 is 2.57 bits per heavy atom. The number of nitrogens with one attached hydrogen (secondary N) is 1. The number of fused-ring (bicyclic) bond motifs is 3. The predicted octanol–water partition coefficient (Wildman–Crippen LogP) is 4.32. The summed E-state index contributed by atoms with van der Waals surface area (Å²) < 4.78 is 52.0. The lowest BCUT2D eigenvalue weighted by Gasteiger charge is -2.26. The maximum Gasteiger partial charge on any atom is 0.243 e. The molecule has 0 saturated carbocycles. The van der Waals surface area contributed by atoms with Crippen LogP contribution in [0.25, 0.3) is 11.8 Å². The van der Waals surface area contributed by atoms with Crippen LogP contribution in [-0.2, 0) is 14.8 Å². The maximum absolute atomic E-state index is 15.0. The van der Waals surface area contributed by atoms with E-state index in [2.05, 4.69) is 24.9 Å². The number of hydrogen-bond donors (Lipinski definition) is 1. The van der Waals surface area contributed by atoms with Crippen molar-refractivity contribution in [3.05, 3.63) is 65.3 Å². The van der Waals surface area contributed by atoms with E-state index < -0.39 is 27.2 Å². The van der Waals surface area contributed by atoms with Crippen LogP contribution in [0.1, 0.15) is 68.9 Å². The molecule has 0 aliphatic carbocycles. The molecule has 11 heteroatoms. The largest absolute Gasteiger partial charge is 0.366 e. The Bertz CT molecular complexity index is 1340. The molecule has 0 spiro atoms. The molecule has 0 fully saturated rings. The van der Waals surface area contributed by atoms with E-state index in [0.717, 1.165) is 5.56 Å². The summed E-state index contributed by atoms with van der Waals surface area (Å²) in [7, 11) is -4.09. The number of sulfonamides is 1. The Morgan fingerprint density at radius 2 is 1.89 bits per heavy atom. The molecule has 1 N–H and O–H groups in total. The third-order valence-corrected chi connectivity index (χ3v) is 7.47. The van der Waals surface area contributed by atoms with Crippen molar-refractivity contribution in [2.75, 3.05) is 4.72 Å². The molecule has 186 valence electrons. The zero-order chi connectivity index (χ0) is 25.3. The summed E-state index contributed by atoms with van der Waals surface area (Å²) in [5.74, 6) is 0.00953. The molecule has 9 nitrogen and oxygen atoms in total. The molecule has 0 radical (unpaired) electrons. The minimum Gasteiger partial charge on any atom is -0.366 e. The average molecular weight is 501 g/mol. The molecule has 3 heterocycles. The topological polar surface area (TPSA) is 112 Å². The van der Waals surface area contributed by atoms with E-state index >= 15 is 4.39 Å². The van der Waals surface area contributed by atoms with Crippen molar-refractivity contribution in [3.8, 4) is 5.69 Å². The van der Waals surface area contributed by atoms with Gasteiger partial charge in [0, 0.05) is 23.9 Å². The van der Waals surface area contributed by atoms with Crippen LogP contribution >= 0.6 is 0 Å². The third-order valence-electron chi connectivity index (χ3n) is 5.78. The van der Waals surface area contributed by atoms with Gasteiger partial charge in [-0.25, -0.2) is 22.8 Å². The van der Waals surface area contributed by atoms with Gasteiger partial charge in [-0.1, -0.05) is 31.2 Å². The molecule has 4 rings (SSSR count). The predicted molar refractivity (Wildman–Crippen MR) is 131 cm³/mol. The molecule has 0 bridgehead atoms. The molecule has 0 amide bonds. The summed E-state index contributed by atoms with van der Waals surface area (Å²) in [6.45, 7) is 8.91. The second kappa shape index (κ2) is 9.82. The lowest BCUT2D eigenvalue weighted by Crippen LogP contribution is -2.35. The molecule has 1 aliphatic heterocycles. The fourth-order valence-corrected chi connectivity index (χ4v) is 5.00. The first kappa shape index (κ1) is 24.9. The van der Waals surface area contributed by atoms with Gasteiger partial charge in [0.15, 0.2) is 5.82 Å². The van der Waals surface area contributed by atoms with Crippen molar-refractivity contribution in [1.29, 1.82) is 0 Å². The number of allylic oxidation sites excluding steroid dienone is 1. The van der Waals surface area contributed by atoms with Gasteiger partial charge in [0.1, 0.15) is 23.0 Å². The molecule has 1 aromatic carbocycles. The van der Waals surface area contributed by atoms with E-state index in [9.17, 15) is 8.42 Å². The summed E-state index contributed by atoms with van der Waals surface area (Å²) in [6, 6.07) is 4.69. The van der Waals surface area contributed by atoms with E-state index in [1.54, 1.807) is 24.5 Å². The van der Waals surface area contributed by atoms with Gasteiger partial charge >= 0.3 is 0 Å². The normalized spacial score (nSPS) is 17.3. The van der Waals surface area contributed by atoms with Crippen molar-refractivity contribution < 1.29 is 17.5 Å². The maximum atomic E-state index is 15.0. The highest BCUT2D eigenvalue weighted by atomic mass is 32.2. The SMILES string of the molecule is Cc1cnc([C@H](OC(C)C)[C@H](C)S(=O)(=O)Nc2nnc3n2-c2c(F)cccc2C=CC[C@@H]3C)nc1. The van der Waals surface area contributed by atoms with Gasteiger partial charge in [0.05, 0.1) is 11.8 Å². The molecule has 0 saturated heterocycles. The van der Waals surface area contributed by atoms with Crippen LogP contribution < -0.4 is 4.72 Å². The van der Waals surface area contributed by atoms with Crippen LogP contribution in [0.15, 0.2) is 36.7 Å². The Morgan fingerprint density at radius 1 is 1.17 bits per heavy atom. The van der Waals surface area contributed by atoms with Crippen LogP contribution in [0, 0.1) is 12.7 Å². The van der Waals surface area contributed by atoms with E-state index in [-0.39, 0.29) is 29.5 Å². The highest BCUT2D eigenvalue weighted by Crippen LogP contribution is 2.33. The van der Waals surface area contributed by atoms with Crippen molar-refractivity contribution in [3.63, 3.8) is 0 Å². The molecule has 35 heavy (non-hydrogen) atoms.